The molecule has 0 atom stereocenters. The van der Waals surface area contributed by atoms with Crippen molar-refractivity contribution in [1.82, 2.24) is 5.32 Å². The van der Waals surface area contributed by atoms with Crippen LogP contribution < -0.4 is 15.4 Å². The summed E-state index contributed by atoms with van der Waals surface area (Å²) in [5.41, 5.74) is 0.275. The zero-order valence-corrected chi connectivity index (χ0v) is 12.4. The molecular formula is C15H17N3O4. The summed E-state index contributed by atoms with van der Waals surface area (Å²) in [4.78, 5) is 23.1. The molecule has 0 heterocycles. The number of para-hydroxylation sites is 2. The van der Waals surface area contributed by atoms with Crippen molar-refractivity contribution in [3.05, 3.63) is 36.0 Å². The van der Waals surface area contributed by atoms with Crippen LogP contribution in [-0.2, 0) is 14.3 Å². The van der Waals surface area contributed by atoms with Gasteiger partial charge in [-0.05, 0) is 19.1 Å². The Labute approximate surface area is 128 Å². The summed E-state index contributed by atoms with van der Waals surface area (Å²) < 4.78 is 9.82. The Morgan fingerprint density at radius 3 is 2.73 bits per heavy atom. The number of nitrogens with one attached hydrogen (secondary N) is 2. The van der Waals surface area contributed by atoms with E-state index in [4.69, 9.17) is 14.7 Å². The zero-order valence-electron chi connectivity index (χ0n) is 12.4. The summed E-state index contributed by atoms with van der Waals surface area (Å²) in [7, 11) is 1.48. The number of ether oxygens (including phenoxy) is 2. The van der Waals surface area contributed by atoms with Crippen LogP contribution in [0.2, 0.25) is 0 Å². The highest BCUT2D eigenvalue weighted by molar-refractivity contribution is 6.07. The van der Waals surface area contributed by atoms with Crippen molar-refractivity contribution in [3.8, 4) is 11.8 Å². The molecule has 22 heavy (non-hydrogen) atoms. The summed E-state index contributed by atoms with van der Waals surface area (Å²) in [5.74, 6) is -0.600. The van der Waals surface area contributed by atoms with Crippen LogP contribution in [0.15, 0.2) is 36.0 Å². The molecule has 0 aromatic heterocycles. The first-order valence-electron chi connectivity index (χ1n) is 6.56. The highest BCUT2D eigenvalue weighted by Crippen LogP contribution is 2.23. The molecule has 1 rings (SSSR count). The highest BCUT2D eigenvalue weighted by Gasteiger charge is 2.12. The Morgan fingerprint density at radius 2 is 2.09 bits per heavy atom. The monoisotopic (exact) mass is 303 g/mol. The molecule has 1 amide bonds. The molecular weight excluding hydrogens is 286 g/mol. The number of benzene rings is 1. The second kappa shape index (κ2) is 9.02. The number of carbonyl (C=O) groups is 2. The fraction of sp³-hybridized carbons (Fsp3) is 0.267. The molecule has 0 fully saturated rings. The average molecular weight is 303 g/mol. The lowest BCUT2D eigenvalue weighted by Gasteiger charge is -2.09. The van der Waals surface area contributed by atoms with E-state index < -0.39 is 11.9 Å². The first-order chi connectivity index (χ1) is 10.6. The van der Waals surface area contributed by atoms with Crippen LogP contribution >= 0.6 is 0 Å². The van der Waals surface area contributed by atoms with E-state index in [2.05, 4.69) is 10.6 Å². The van der Waals surface area contributed by atoms with Crippen LogP contribution in [0.25, 0.3) is 0 Å². The lowest BCUT2D eigenvalue weighted by Crippen LogP contribution is -2.22. The minimum atomic E-state index is -0.608. The Balaban J connectivity index is 2.68. The summed E-state index contributed by atoms with van der Waals surface area (Å²) in [6.45, 7) is 1.83. The van der Waals surface area contributed by atoms with Crippen LogP contribution in [0.5, 0.6) is 5.75 Å². The molecule has 2 N–H and O–H groups in total. The number of carbonyl (C=O) groups excluding carboxylic acids is 2. The largest absolute Gasteiger partial charge is 0.495 e. The fourth-order valence-electron chi connectivity index (χ4n) is 1.53. The van der Waals surface area contributed by atoms with Gasteiger partial charge in [0.25, 0.3) is 5.91 Å². The average Bonchev–Trinajstić information content (AvgIpc) is 2.52. The van der Waals surface area contributed by atoms with E-state index in [1.165, 1.54) is 13.3 Å². The zero-order chi connectivity index (χ0) is 16.4. The van der Waals surface area contributed by atoms with Gasteiger partial charge in [0.05, 0.1) is 19.4 Å². The Bertz CT molecular complexity index is 605. The van der Waals surface area contributed by atoms with Crippen LogP contribution in [-0.4, -0.2) is 32.1 Å². The third-order valence-corrected chi connectivity index (χ3v) is 2.52. The summed E-state index contributed by atoms with van der Waals surface area (Å²) in [6.07, 6.45) is 1.17. The molecule has 116 valence electrons. The van der Waals surface area contributed by atoms with Gasteiger partial charge in [0.1, 0.15) is 23.9 Å². The summed E-state index contributed by atoms with van der Waals surface area (Å²) in [5, 5.41) is 14.1. The van der Waals surface area contributed by atoms with Gasteiger partial charge in [0.2, 0.25) is 0 Å². The number of hydrogen-bond acceptors (Lipinski definition) is 6. The molecule has 7 nitrogen and oxygen atoms in total. The topological polar surface area (TPSA) is 100 Å². The minimum Gasteiger partial charge on any atom is -0.495 e. The van der Waals surface area contributed by atoms with Crippen LogP contribution in [0.4, 0.5) is 5.69 Å². The van der Waals surface area contributed by atoms with Gasteiger partial charge in [-0.1, -0.05) is 12.1 Å². The molecule has 0 aliphatic rings. The number of hydrogen-bond donors (Lipinski definition) is 2. The number of nitrogens with zero attached hydrogens (tertiary/aromatic N) is 1. The van der Waals surface area contributed by atoms with Crippen molar-refractivity contribution in [1.29, 1.82) is 5.26 Å². The lowest BCUT2D eigenvalue weighted by molar-refractivity contribution is -0.141. The maximum atomic E-state index is 12.0. The third-order valence-electron chi connectivity index (χ3n) is 2.52. The first kappa shape index (κ1) is 17.0. The van der Waals surface area contributed by atoms with E-state index in [1.807, 2.05) is 0 Å². The number of nitriles is 1. The van der Waals surface area contributed by atoms with Gasteiger partial charge < -0.3 is 20.1 Å². The Hall–Kier alpha value is -3.01. The number of esters is 1. The maximum Gasteiger partial charge on any atom is 0.325 e. The van der Waals surface area contributed by atoms with Gasteiger partial charge in [0.15, 0.2) is 0 Å². The molecule has 0 bridgehead atoms. The molecule has 1 aromatic carbocycles. The van der Waals surface area contributed by atoms with Crippen molar-refractivity contribution in [3.63, 3.8) is 0 Å². The van der Waals surface area contributed by atoms with Gasteiger partial charge >= 0.3 is 5.97 Å². The second-order valence-corrected chi connectivity index (χ2v) is 4.01. The van der Waals surface area contributed by atoms with E-state index in [-0.39, 0.29) is 18.7 Å². The van der Waals surface area contributed by atoms with Gasteiger partial charge in [0, 0.05) is 6.20 Å². The second-order valence-electron chi connectivity index (χ2n) is 4.01. The smallest absolute Gasteiger partial charge is 0.325 e. The molecule has 0 unspecified atom stereocenters. The summed E-state index contributed by atoms with van der Waals surface area (Å²) in [6, 6.07) is 8.58. The van der Waals surface area contributed by atoms with Crippen LogP contribution in [0, 0.1) is 11.3 Å². The quantitative estimate of drug-likeness (QED) is 0.446. The number of methoxy groups -OCH3 is 1. The van der Waals surface area contributed by atoms with E-state index in [0.717, 1.165) is 0 Å². The predicted octanol–water partition coefficient (Wildman–Crippen LogP) is 1.19. The van der Waals surface area contributed by atoms with Gasteiger partial charge in [-0.25, -0.2) is 0 Å². The van der Waals surface area contributed by atoms with Crippen LogP contribution in [0.3, 0.4) is 0 Å². The fourth-order valence-corrected chi connectivity index (χ4v) is 1.53. The molecule has 0 spiro atoms. The minimum absolute atomic E-state index is 0.124. The van der Waals surface area contributed by atoms with Crippen molar-refractivity contribution in [2.75, 3.05) is 25.6 Å². The highest BCUT2D eigenvalue weighted by atomic mass is 16.5. The lowest BCUT2D eigenvalue weighted by atomic mass is 10.2. The Morgan fingerprint density at radius 1 is 1.36 bits per heavy atom. The summed E-state index contributed by atoms with van der Waals surface area (Å²) >= 11 is 0. The molecule has 0 radical (unpaired) electrons. The molecule has 0 aliphatic carbocycles. The van der Waals surface area contributed by atoms with Crippen molar-refractivity contribution >= 4 is 17.6 Å². The molecule has 0 saturated carbocycles. The van der Waals surface area contributed by atoms with E-state index in [9.17, 15) is 9.59 Å². The van der Waals surface area contributed by atoms with E-state index in [1.54, 1.807) is 37.3 Å². The SMILES string of the molecule is CCOC(=O)CN/C=C(/C#N)C(=O)Nc1ccccc1OC. The molecule has 0 saturated heterocycles. The molecule has 1 aromatic rings. The van der Waals surface area contributed by atoms with Crippen molar-refractivity contribution in [2.45, 2.75) is 6.92 Å². The van der Waals surface area contributed by atoms with Crippen molar-refractivity contribution in [2.24, 2.45) is 0 Å². The number of anilines is 1. The van der Waals surface area contributed by atoms with E-state index in [0.29, 0.717) is 11.4 Å². The normalized spacial score (nSPS) is 10.3. The van der Waals surface area contributed by atoms with Gasteiger partial charge in [-0.2, -0.15) is 5.26 Å². The van der Waals surface area contributed by atoms with Crippen LogP contribution in [0.1, 0.15) is 6.92 Å². The molecule has 7 heteroatoms. The Kier molecular flexibility index (Phi) is 6.99. The van der Waals surface area contributed by atoms with Gasteiger partial charge in [-0.15, -0.1) is 0 Å². The third kappa shape index (κ3) is 5.17. The maximum absolute atomic E-state index is 12.0. The van der Waals surface area contributed by atoms with E-state index >= 15 is 0 Å². The molecule has 0 aliphatic heterocycles. The predicted molar refractivity (Wildman–Crippen MR) is 80.0 cm³/mol. The van der Waals surface area contributed by atoms with Gasteiger partial charge in [-0.3, -0.25) is 9.59 Å². The number of amides is 1. The first-order valence-corrected chi connectivity index (χ1v) is 6.56. The van der Waals surface area contributed by atoms with Crippen molar-refractivity contribution < 1.29 is 19.1 Å². The standard InChI is InChI=1S/C15H17N3O4/c1-3-22-14(19)10-17-9-11(8-16)15(20)18-12-6-4-5-7-13(12)21-2/h4-7,9,17H,3,10H2,1-2H3,(H,18,20)/b11-9-. The number of rotatable bonds is 7.